The summed E-state index contributed by atoms with van der Waals surface area (Å²) >= 11 is 0. The van der Waals surface area contributed by atoms with Gasteiger partial charge in [0.2, 0.25) is 0 Å². The maximum Gasteiger partial charge on any atom is 0.269 e. The number of hydrogen-bond acceptors (Lipinski definition) is 3. The van der Waals surface area contributed by atoms with Crippen LogP contribution in [0.25, 0.3) is 33.1 Å². The van der Waals surface area contributed by atoms with Gasteiger partial charge in [0.1, 0.15) is 0 Å². The van der Waals surface area contributed by atoms with Crippen molar-refractivity contribution >= 4 is 27.5 Å². The van der Waals surface area contributed by atoms with Gasteiger partial charge in [-0.05, 0) is 24.3 Å². The zero-order valence-electron chi connectivity index (χ0n) is 11.5. The highest BCUT2D eigenvalue weighted by atomic mass is 16.6. The van der Waals surface area contributed by atoms with Crippen LogP contribution in [0.5, 0.6) is 0 Å². The molecule has 5 heteroatoms. The number of nitrogens with zero attached hydrogens (tertiary/aromatic N) is 2. The normalized spacial score (nSPS) is 11.1. The molecular formula is C17H11N3O2. The highest BCUT2D eigenvalue weighted by molar-refractivity contribution is 6.10. The summed E-state index contributed by atoms with van der Waals surface area (Å²) in [5.41, 5.74) is 3.71. The molecule has 0 aliphatic heterocycles. The Morgan fingerprint density at radius 2 is 1.73 bits per heavy atom. The molecule has 0 radical (unpaired) electrons. The quantitative estimate of drug-likeness (QED) is 0.442. The number of non-ortho nitro benzene ring substituents is 1. The molecule has 4 rings (SSSR count). The van der Waals surface area contributed by atoms with E-state index in [0.717, 1.165) is 33.1 Å². The van der Waals surface area contributed by atoms with Crippen molar-refractivity contribution in [3.63, 3.8) is 0 Å². The van der Waals surface area contributed by atoms with Gasteiger partial charge in [-0.1, -0.05) is 18.2 Å². The van der Waals surface area contributed by atoms with Gasteiger partial charge >= 0.3 is 0 Å². The van der Waals surface area contributed by atoms with Crippen molar-refractivity contribution in [1.29, 1.82) is 0 Å². The Hall–Kier alpha value is -3.21. The maximum absolute atomic E-state index is 10.8. The molecule has 0 fully saturated rings. The lowest BCUT2D eigenvalue weighted by atomic mass is 10.1. The van der Waals surface area contributed by atoms with Crippen LogP contribution in [0.15, 0.2) is 60.8 Å². The third-order valence-corrected chi connectivity index (χ3v) is 3.78. The highest BCUT2D eigenvalue weighted by Crippen LogP contribution is 2.31. The summed E-state index contributed by atoms with van der Waals surface area (Å²) in [7, 11) is 0. The van der Waals surface area contributed by atoms with Crippen LogP contribution in [0, 0.1) is 10.1 Å². The van der Waals surface area contributed by atoms with Crippen molar-refractivity contribution in [1.82, 2.24) is 9.97 Å². The van der Waals surface area contributed by atoms with Gasteiger partial charge in [-0.3, -0.25) is 15.1 Å². The van der Waals surface area contributed by atoms with E-state index in [4.69, 9.17) is 0 Å². The van der Waals surface area contributed by atoms with E-state index in [0.29, 0.717) is 0 Å². The summed E-state index contributed by atoms with van der Waals surface area (Å²) in [6, 6.07) is 16.5. The first kappa shape index (κ1) is 12.5. The lowest BCUT2D eigenvalue weighted by molar-refractivity contribution is -0.384. The van der Waals surface area contributed by atoms with E-state index in [-0.39, 0.29) is 5.69 Å². The van der Waals surface area contributed by atoms with Crippen LogP contribution in [0.2, 0.25) is 0 Å². The number of hydrogen-bond donors (Lipinski definition) is 1. The zero-order chi connectivity index (χ0) is 15.1. The molecule has 2 aromatic carbocycles. The topological polar surface area (TPSA) is 71.8 Å². The number of aromatic amines is 1. The standard InChI is InChI=1S/C17H11N3O2/c21-20(22)12-7-5-11(6-8-12)16-17-14(9-10-18-16)13-3-1-2-4-15(13)19-17/h1-10,19H. The van der Waals surface area contributed by atoms with Crippen LogP contribution < -0.4 is 0 Å². The summed E-state index contributed by atoms with van der Waals surface area (Å²) in [4.78, 5) is 18.2. The number of rotatable bonds is 2. The second kappa shape index (κ2) is 4.66. The van der Waals surface area contributed by atoms with Crippen LogP contribution >= 0.6 is 0 Å². The molecule has 0 bridgehead atoms. The molecule has 0 saturated carbocycles. The fourth-order valence-electron chi connectivity index (χ4n) is 2.73. The molecule has 0 aliphatic carbocycles. The molecule has 1 N–H and O–H groups in total. The molecule has 106 valence electrons. The number of nitrogens with one attached hydrogen (secondary N) is 1. The maximum atomic E-state index is 10.8. The van der Waals surface area contributed by atoms with Crippen LogP contribution in [0.1, 0.15) is 0 Å². The second-order valence-corrected chi connectivity index (χ2v) is 5.06. The Morgan fingerprint density at radius 1 is 0.955 bits per heavy atom. The minimum absolute atomic E-state index is 0.0765. The van der Waals surface area contributed by atoms with E-state index in [9.17, 15) is 10.1 Å². The fraction of sp³-hybridized carbons (Fsp3) is 0. The van der Waals surface area contributed by atoms with E-state index < -0.39 is 4.92 Å². The molecule has 0 saturated heterocycles. The van der Waals surface area contributed by atoms with Gasteiger partial charge in [0.15, 0.2) is 0 Å². The first-order chi connectivity index (χ1) is 10.7. The van der Waals surface area contributed by atoms with Crippen molar-refractivity contribution in [2.24, 2.45) is 0 Å². The predicted molar refractivity (Wildman–Crippen MR) is 85.7 cm³/mol. The summed E-state index contributed by atoms with van der Waals surface area (Å²) in [5.74, 6) is 0. The summed E-state index contributed by atoms with van der Waals surface area (Å²) in [6.45, 7) is 0. The first-order valence-electron chi connectivity index (χ1n) is 6.84. The Morgan fingerprint density at radius 3 is 2.50 bits per heavy atom. The van der Waals surface area contributed by atoms with Crippen LogP contribution in [0.3, 0.4) is 0 Å². The van der Waals surface area contributed by atoms with Gasteiger partial charge in [-0.25, -0.2) is 0 Å². The van der Waals surface area contributed by atoms with Crippen molar-refractivity contribution in [3.8, 4) is 11.3 Å². The number of nitro benzene ring substituents is 1. The van der Waals surface area contributed by atoms with E-state index >= 15 is 0 Å². The Balaban J connectivity index is 1.96. The number of pyridine rings is 1. The van der Waals surface area contributed by atoms with E-state index in [1.165, 1.54) is 12.1 Å². The van der Waals surface area contributed by atoms with Gasteiger partial charge in [-0.15, -0.1) is 0 Å². The minimum atomic E-state index is -0.402. The molecule has 0 amide bonds. The monoisotopic (exact) mass is 289 g/mol. The number of fused-ring (bicyclic) bond motifs is 3. The SMILES string of the molecule is O=[N+]([O-])c1ccc(-c2nccc3c2[nH]c2ccccc23)cc1. The minimum Gasteiger partial charge on any atom is -0.353 e. The van der Waals surface area contributed by atoms with E-state index in [2.05, 4.69) is 16.0 Å². The lowest BCUT2D eigenvalue weighted by Crippen LogP contribution is -1.89. The van der Waals surface area contributed by atoms with Crippen LogP contribution in [-0.4, -0.2) is 14.9 Å². The Kier molecular flexibility index (Phi) is 2.66. The van der Waals surface area contributed by atoms with Crippen molar-refractivity contribution in [3.05, 3.63) is 70.9 Å². The summed E-state index contributed by atoms with van der Waals surface area (Å²) in [6.07, 6.45) is 1.76. The molecule has 0 atom stereocenters. The Bertz CT molecular complexity index is 1000. The third-order valence-electron chi connectivity index (χ3n) is 3.78. The van der Waals surface area contributed by atoms with Gasteiger partial charge in [0.25, 0.3) is 5.69 Å². The fourth-order valence-corrected chi connectivity index (χ4v) is 2.73. The van der Waals surface area contributed by atoms with Crippen LogP contribution in [-0.2, 0) is 0 Å². The van der Waals surface area contributed by atoms with Gasteiger partial charge in [0.05, 0.1) is 16.1 Å². The zero-order valence-corrected chi connectivity index (χ0v) is 11.5. The number of H-pyrrole nitrogens is 1. The number of aromatic nitrogens is 2. The second-order valence-electron chi connectivity index (χ2n) is 5.06. The number of nitro groups is 1. The molecule has 0 aliphatic rings. The smallest absolute Gasteiger partial charge is 0.269 e. The lowest BCUT2D eigenvalue weighted by Gasteiger charge is -2.02. The molecule has 22 heavy (non-hydrogen) atoms. The third kappa shape index (κ3) is 1.83. The largest absolute Gasteiger partial charge is 0.353 e. The molecule has 0 spiro atoms. The predicted octanol–water partition coefficient (Wildman–Crippen LogP) is 4.29. The average molecular weight is 289 g/mol. The van der Waals surface area contributed by atoms with E-state index in [1.54, 1.807) is 18.3 Å². The highest BCUT2D eigenvalue weighted by Gasteiger charge is 2.12. The molecule has 5 nitrogen and oxygen atoms in total. The van der Waals surface area contributed by atoms with Gasteiger partial charge in [-0.2, -0.15) is 0 Å². The average Bonchev–Trinajstić information content (AvgIpc) is 2.93. The van der Waals surface area contributed by atoms with Crippen molar-refractivity contribution in [2.75, 3.05) is 0 Å². The first-order valence-corrected chi connectivity index (χ1v) is 6.84. The molecule has 4 aromatic rings. The molecule has 2 aromatic heterocycles. The van der Waals surface area contributed by atoms with E-state index in [1.807, 2.05) is 24.3 Å². The molecule has 0 unspecified atom stereocenters. The van der Waals surface area contributed by atoms with Gasteiger partial charge in [0, 0.05) is 40.2 Å². The number of para-hydroxylation sites is 1. The summed E-state index contributed by atoms with van der Waals surface area (Å²) in [5, 5.41) is 13.0. The molecular weight excluding hydrogens is 278 g/mol. The number of benzene rings is 2. The van der Waals surface area contributed by atoms with Crippen molar-refractivity contribution < 1.29 is 4.92 Å². The Labute approximate surface area is 125 Å². The van der Waals surface area contributed by atoms with Crippen molar-refractivity contribution in [2.45, 2.75) is 0 Å². The molecule has 2 heterocycles. The summed E-state index contributed by atoms with van der Waals surface area (Å²) < 4.78 is 0. The van der Waals surface area contributed by atoms with Gasteiger partial charge < -0.3 is 4.98 Å². The van der Waals surface area contributed by atoms with Crippen LogP contribution in [0.4, 0.5) is 5.69 Å².